The Morgan fingerprint density at radius 2 is 1.33 bits per heavy atom. The van der Waals surface area contributed by atoms with E-state index in [9.17, 15) is 0 Å². The molecule has 0 radical (unpaired) electrons. The number of aryl methyl sites for hydroxylation is 1. The van der Waals surface area contributed by atoms with Crippen molar-refractivity contribution in [3.63, 3.8) is 0 Å². The predicted molar refractivity (Wildman–Crippen MR) is 103 cm³/mol. The molecule has 0 N–H and O–H groups in total. The first-order valence-electron chi connectivity index (χ1n) is 8.71. The van der Waals surface area contributed by atoms with Crippen LogP contribution in [0.25, 0.3) is 0 Å². The van der Waals surface area contributed by atoms with Crippen molar-refractivity contribution in [3.8, 4) is 0 Å². The van der Waals surface area contributed by atoms with Crippen LogP contribution >= 0.6 is 0 Å². The van der Waals surface area contributed by atoms with Gasteiger partial charge < -0.3 is 4.90 Å². The fourth-order valence-electron chi connectivity index (χ4n) is 3.86. The Morgan fingerprint density at radius 3 is 1.92 bits per heavy atom. The van der Waals surface area contributed by atoms with Gasteiger partial charge in [0, 0.05) is 11.1 Å². The van der Waals surface area contributed by atoms with Gasteiger partial charge in [-0.3, -0.25) is 0 Å². The smallest absolute Gasteiger partial charge is 0.0502 e. The van der Waals surface area contributed by atoms with E-state index >= 15 is 0 Å². The number of fused-ring (bicyclic) bond motifs is 2. The van der Waals surface area contributed by atoms with Crippen LogP contribution < -0.4 is 4.90 Å². The highest BCUT2D eigenvalue weighted by Crippen LogP contribution is 2.51. The van der Waals surface area contributed by atoms with Crippen LogP contribution in [-0.2, 0) is 11.8 Å². The van der Waals surface area contributed by atoms with Gasteiger partial charge in [0.25, 0.3) is 0 Å². The first-order valence-corrected chi connectivity index (χ1v) is 8.71. The molecule has 0 aromatic heterocycles. The third kappa shape index (κ3) is 2.16. The molecule has 0 amide bonds. The number of benzene rings is 3. The van der Waals surface area contributed by atoms with E-state index < -0.39 is 0 Å². The van der Waals surface area contributed by atoms with Gasteiger partial charge in [0.1, 0.15) is 0 Å². The van der Waals surface area contributed by atoms with E-state index in [-0.39, 0.29) is 5.41 Å². The molecule has 1 aliphatic heterocycles. The number of para-hydroxylation sites is 2. The molecule has 1 aliphatic rings. The summed E-state index contributed by atoms with van der Waals surface area (Å²) in [6, 6.07) is 26.5. The third-order valence-electron chi connectivity index (χ3n) is 5.21. The van der Waals surface area contributed by atoms with Crippen LogP contribution in [-0.4, -0.2) is 0 Å². The SMILES string of the molecule is CCc1cccc(N2c3ccccc3C(C)(C)c3ccccc32)c1. The minimum absolute atomic E-state index is 0.00601. The molecular weight excluding hydrogens is 290 g/mol. The number of nitrogens with zero attached hydrogens (tertiary/aromatic N) is 1. The molecule has 120 valence electrons. The monoisotopic (exact) mass is 313 g/mol. The van der Waals surface area contributed by atoms with Gasteiger partial charge in [-0.1, -0.05) is 69.3 Å². The third-order valence-corrected chi connectivity index (χ3v) is 5.21. The molecule has 0 unspecified atom stereocenters. The van der Waals surface area contributed by atoms with Gasteiger partial charge in [0.15, 0.2) is 0 Å². The molecule has 0 atom stereocenters. The largest absolute Gasteiger partial charge is 0.310 e. The zero-order chi connectivity index (χ0) is 16.7. The molecule has 1 heteroatoms. The molecule has 0 fully saturated rings. The molecule has 1 heterocycles. The highest BCUT2D eigenvalue weighted by Gasteiger charge is 2.36. The Hall–Kier alpha value is -2.54. The van der Waals surface area contributed by atoms with Crippen molar-refractivity contribution in [2.24, 2.45) is 0 Å². The number of anilines is 3. The summed E-state index contributed by atoms with van der Waals surface area (Å²) < 4.78 is 0. The topological polar surface area (TPSA) is 3.24 Å². The molecular formula is C23H23N. The summed E-state index contributed by atoms with van der Waals surface area (Å²) >= 11 is 0. The summed E-state index contributed by atoms with van der Waals surface area (Å²) in [5, 5.41) is 0. The van der Waals surface area contributed by atoms with E-state index in [1.165, 1.54) is 33.8 Å². The van der Waals surface area contributed by atoms with Gasteiger partial charge in [0.05, 0.1) is 11.4 Å². The second-order valence-corrected chi connectivity index (χ2v) is 7.02. The summed E-state index contributed by atoms with van der Waals surface area (Å²) in [6.45, 7) is 6.86. The van der Waals surface area contributed by atoms with Gasteiger partial charge in [-0.05, 0) is 47.4 Å². The van der Waals surface area contributed by atoms with Gasteiger partial charge >= 0.3 is 0 Å². The van der Waals surface area contributed by atoms with Crippen molar-refractivity contribution in [1.82, 2.24) is 0 Å². The summed E-state index contributed by atoms with van der Waals surface area (Å²) in [7, 11) is 0. The average Bonchev–Trinajstić information content (AvgIpc) is 2.62. The Bertz CT molecular complexity index is 842. The molecule has 0 saturated carbocycles. The molecule has 3 aromatic rings. The standard InChI is InChI=1S/C23H23N/c1-4-17-10-9-11-18(16-17)24-21-14-7-5-12-19(21)23(2,3)20-13-6-8-15-22(20)24/h5-16H,4H2,1-3H3. The second-order valence-electron chi connectivity index (χ2n) is 7.02. The fraction of sp³-hybridized carbons (Fsp3) is 0.217. The van der Waals surface area contributed by atoms with Gasteiger partial charge in [-0.15, -0.1) is 0 Å². The van der Waals surface area contributed by atoms with Crippen LogP contribution in [0.1, 0.15) is 37.5 Å². The van der Waals surface area contributed by atoms with Crippen LogP contribution in [0.3, 0.4) is 0 Å². The number of hydrogen-bond acceptors (Lipinski definition) is 1. The summed E-state index contributed by atoms with van der Waals surface area (Å²) in [5.74, 6) is 0. The lowest BCUT2D eigenvalue weighted by Crippen LogP contribution is -2.30. The molecule has 0 spiro atoms. The lowest BCUT2D eigenvalue weighted by Gasteiger charge is -2.42. The summed E-state index contributed by atoms with van der Waals surface area (Å²) in [4.78, 5) is 2.41. The Balaban J connectivity index is 2.01. The van der Waals surface area contributed by atoms with Crippen molar-refractivity contribution in [3.05, 3.63) is 89.5 Å². The minimum atomic E-state index is 0.00601. The van der Waals surface area contributed by atoms with Gasteiger partial charge in [0.2, 0.25) is 0 Å². The maximum absolute atomic E-state index is 2.41. The van der Waals surface area contributed by atoms with E-state index in [1.54, 1.807) is 0 Å². The zero-order valence-corrected chi connectivity index (χ0v) is 14.6. The maximum Gasteiger partial charge on any atom is 0.0502 e. The Morgan fingerprint density at radius 1 is 0.750 bits per heavy atom. The van der Waals surface area contributed by atoms with Crippen molar-refractivity contribution in [1.29, 1.82) is 0 Å². The first kappa shape index (κ1) is 15.0. The van der Waals surface area contributed by atoms with Crippen molar-refractivity contribution < 1.29 is 0 Å². The van der Waals surface area contributed by atoms with E-state index in [0.29, 0.717) is 0 Å². The predicted octanol–water partition coefficient (Wildman–Crippen LogP) is 6.36. The highest BCUT2D eigenvalue weighted by atomic mass is 15.2. The van der Waals surface area contributed by atoms with Gasteiger partial charge in [-0.25, -0.2) is 0 Å². The fourth-order valence-corrected chi connectivity index (χ4v) is 3.86. The van der Waals surface area contributed by atoms with Crippen molar-refractivity contribution in [2.75, 3.05) is 4.90 Å². The minimum Gasteiger partial charge on any atom is -0.310 e. The van der Waals surface area contributed by atoms with Crippen molar-refractivity contribution >= 4 is 17.1 Å². The normalized spacial score (nSPS) is 14.9. The molecule has 24 heavy (non-hydrogen) atoms. The number of rotatable bonds is 2. The molecule has 0 saturated heterocycles. The summed E-state index contributed by atoms with van der Waals surface area (Å²) in [6.07, 6.45) is 1.05. The molecule has 0 bridgehead atoms. The lowest BCUT2D eigenvalue weighted by atomic mass is 9.73. The van der Waals surface area contributed by atoms with Crippen LogP contribution in [0.5, 0.6) is 0 Å². The molecule has 3 aromatic carbocycles. The Labute approximate surface area is 144 Å². The Kier molecular flexibility index (Phi) is 3.45. The van der Waals surface area contributed by atoms with Crippen LogP contribution in [0.4, 0.5) is 17.1 Å². The molecule has 1 nitrogen and oxygen atoms in total. The van der Waals surface area contributed by atoms with E-state index in [4.69, 9.17) is 0 Å². The highest BCUT2D eigenvalue weighted by molar-refractivity contribution is 5.85. The average molecular weight is 313 g/mol. The quantitative estimate of drug-likeness (QED) is 0.532. The van der Waals surface area contributed by atoms with Crippen LogP contribution in [0.15, 0.2) is 72.8 Å². The van der Waals surface area contributed by atoms with Crippen molar-refractivity contribution in [2.45, 2.75) is 32.6 Å². The van der Waals surface area contributed by atoms with Crippen LogP contribution in [0, 0.1) is 0 Å². The number of hydrogen-bond donors (Lipinski definition) is 0. The maximum atomic E-state index is 2.41. The molecule has 4 rings (SSSR count). The van der Waals surface area contributed by atoms with E-state index in [0.717, 1.165) is 6.42 Å². The van der Waals surface area contributed by atoms with E-state index in [1.807, 2.05) is 0 Å². The second kappa shape index (κ2) is 5.52. The van der Waals surface area contributed by atoms with Crippen LogP contribution in [0.2, 0.25) is 0 Å². The summed E-state index contributed by atoms with van der Waals surface area (Å²) in [5.41, 5.74) is 7.95. The zero-order valence-electron chi connectivity index (χ0n) is 14.6. The lowest BCUT2D eigenvalue weighted by molar-refractivity contribution is 0.632. The van der Waals surface area contributed by atoms with E-state index in [2.05, 4.69) is 98.5 Å². The van der Waals surface area contributed by atoms with Gasteiger partial charge in [-0.2, -0.15) is 0 Å². The first-order chi connectivity index (χ1) is 11.6. The molecule has 0 aliphatic carbocycles.